The predicted molar refractivity (Wildman–Crippen MR) is 99.2 cm³/mol. The molecular formula is C18H14N2O2S2. The standard InChI is InChI=1S/C18H14N2O2S2/c21-17(19-13-6-2-1-3-7-13)15(12-14-8-4-10-23-14)20-18(22)16-9-5-11-24-16/h1-12H,(H,19,21)(H,20,22)/b15-12-. The van der Waals surface area contributed by atoms with E-state index in [1.165, 1.54) is 22.7 Å². The second kappa shape index (κ2) is 7.72. The second-order valence-corrected chi connectivity index (χ2v) is 6.75. The van der Waals surface area contributed by atoms with Crippen LogP contribution in [-0.2, 0) is 4.79 Å². The number of hydrogen-bond donors (Lipinski definition) is 2. The number of anilines is 1. The fourth-order valence-electron chi connectivity index (χ4n) is 1.99. The molecule has 0 aliphatic rings. The molecule has 0 bridgehead atoms. The normalized spacial score (nSPS) is 11.1. The molecule has 2 aromatic heterocycles. The van der Waals surface area contributed by atoms with Crippen LogP contribution in [0.3, 0.4) is 0 Å². The Labute approximate surface area is 147 Å². The molecule has 4 nitrogen and oxygen atoms in total. The van der Waals surface area contributed by atoms with Crippen LogP contribution in [0.1, 0.15) is 14.5 Å². The Hall–Kier alpha value is -2.70. The summed E-state index contributed by atoms with van der Waals surface area (Å²) in [4.78, 5) is 26.3. The third-order valence-corrected chi connectivity index (χ3v) is 4.79. The van der Waals surface area contributed by atoms with E-state index in [1.807, 2.05) is 41.1 Å². The lowest BCUT2D eigenvalue weighted by Gasteiger charge is -2.10. The Morgan fingerprint density at radius 2 is 1.62 bits per heavy atom. The van der Waals surface area contributed by atoms with Gasteiger partial charge in [-0.15, -0.1) is 22.7 Å². The van der Waals surface area contributed by atoms with Crippen molar-refractivity contribution in [1.29, 1.82) is 0 Å². The van der Waals surface area contributed by atoms with Gasteiger partial charge in [0.05, 0.1) is 4.88 Å². The summed E-state index contributed by atoms with van der Waals surface area (Å²) in [6.45, 7) is 0. The minimum atomic E-state index is -0.362. The summed E-state index contributed by atoms with van der Waals surface area (Å²) in [6, 6.07) is 16.4. The molecule has 6 heteroatoms. The van der Waals surface area contributed by atoms with Gasteiger partial charge in [0.25, 0.3) is 11.8 Å². The van der Waals surface area contributed by atoms with Crippen molar-refractivity contribution in [3.8, 4) is 0 Å². The van der Waals surface area contributed by atoms with Gasteiger partial charge in [0.2, 0.25) is 0 Å². The van der Waals surface area contributed by atoms with E-state index < -0.39 is 0 Å². The van der Waals surface area contributed by atoms with Crippen LogP contribution in [0, 0.1) is 0 Å². The molecule has 2 N–H and O–H groups in total. The lowest BCUT2D eigenvalue weighted by molar-refractivity contribution is -0.113. The molecular weight excluding hydrogens is 340 g/mol. The average Bonchev–Trinajstić information content (AvgIpc) is 3.29. The molecule has 2 amide bonds. The molecule has 3 rings (SSSR count). The smallest absolute Gasteiger partial charge is 0.272 e. The first kappa shape index (κ1) is 16.2. The third-order valence-electron chi connectivity index (χ3n) is 3.10. The Bertz CT molecular complexity index is 839. The molecule has 24 heavy (non-hydrogen) atoms. The minimum Gasteiger partial charge on any atom is -0.321 e. The number of nitrogens with one attached hydrogen (secondary N) is 2. The van der Waals surface area contributed by atoms with Gasteiger partial charge >= 0.3 is 0 Å². The highest BCUT2D eigenvalue weighted by atomic mass is 32.1. The molecule has 0 saturated carbocycles. The predicted octanol–water partition coefficient (Wildman–Crippen LogP) is 4.22. The molecule has 2 heterocycles. The summed E-state index contributed by atoms with van der Waals surface area (Å²) in [5, 5.41) is 9.23. The van der Waals surface area contributed by atoms with E-state index >= 15 is 0 Å². The lowest BCUT2D eigenvalue weighted by atomic mass is 10.2. The van der Waals surface area contributed by atoms with Gasteiger partial charge in [0.15, 0.2) is 0 Å². The van der Waals surface area contributed by atoms with Gasteiger partial charge in [-0.2, -0.15) is 0 Å². The number of benzene rings is 1. The number of hydrogen-bond acceptors (Lipinski definition) is 4. The molecule has 0 atom stereocenters. The molecule has 0 saturated heterocycles. The summed E-state index contributed by atoms with van der Waals surface area (Å²) in [7, 11) is 0. The van der Waals surface area contributed by atoms with E-state index in [-0.39, 0.29) is 17.5 Å². The van der Waals surface area contributed by atoms with Crippen LogP contribution in [0.4, 0.5) is 5.69 Å². The van der Waals surface area contributed by atoms with Crippen molar-refractivity contribution >= 4 is 46.3 Å². The first-order chi connectivity index (χ1) is 11.7. The van der Waals surface area contributed by atoms with Crippen LogP contribution < -0.4 is 10.6 Å². The van der Waals surface area contributed by atoms with E-state index in [9.17, 15) is 9.59 Å². The Morgan fingerprint density at radius 3 is 2.29 bits per heavy atom. The fraction of sp³-hybridized carbons (Fsp3) is 0. The monoisotopic (exact) mass is 354 g/mol. The number of thiophene rings is 2. The number of carbonyl (C=O) groups excluding carboxylic acids is 2. The second-order valence-electron chi connectivity index (χ2n) is 4.83. The summed E-state index contributed by atoms with van der Waals surface area (Å²) >= 11 is 2.82. The number of amides is 2. The van der Waals surface area contributed by atoms with E-state index in [4.69, 9.17) is 0 Å². The largest absolute Gasteiger partial charge is 0.321 e. The van der Waals surface area contributed by atoms with Crippen LogP contribution in [0.5, 0.6) is 0 Å². The average molecular weight is 354 g/mol. The third kappa shape index (κ3) is 4.18. The zero-order chi connectivity index (χ0) is 16.8. The molecule has 0 radical (unpaired) electrons. The quantitative estimate of drug-likeness (QED) is 0.674. The zero-order valence-electron chi connectivity index (χ0n) is 12.6. The van der Waals surface area contributed by atoms with Gasteiger partial charge in [0, 0.05) is 10.6 Å². The molecule has 0 spiro atoms. The first-order valence-electron chi connectivity index (χ1n) is 7.19. The van der Waals surface area contributed by atoms with Gasteiger partial charge in [-0.25, -0.2) is 0 Å². The summed E-state index contributed by atoms with van der Waals surface area (Å²) < 4.78 is 0. The summed E-state index contributed by atoms with van der Waals surface area (Å²) in [5.41, 5.74) is 0.879. The van der Waals surface area contributed by atoms with Gasteiger partial charge < -0.3 is 10.6 Å². The van der Waals surface area contributed by atoms with Gasteiger partial charge in [-0.1, -0.05) is 30.3 Å². The van der Waals surface area contributed by atoms with Crippen LogP contribution in [0.15, 0.2) is 71.1 Å². The van der Waals surface area contributed by atoms with Crippen LogP contribution >= 0.6 is 22.7 Å². The Balaban J connectivity index is 1.82. The van der Waals surface area contributed by atoms with E-state index in [0.717, 1.165) is 4.88 Å². The zero-order valence-corrected chi connectivity index (χ0v) is 14.2. The maximum Gasteiger partial charge on any atom is 0.272 e. The lowest BCUT2D eigenvalue weighted by Crippen LogP contribution is -2.30. The Morgan fingerprint density at radius 1 is 0.875 bits per heavy atom. The molecule has 0 aliphatic heterocycles. The Kier molecular flexibility index (Phi) is 5.20. The highest BCUT2D eigenvalue weighted by Crippen LogP contribution is 2.15. The molecule has 0 fully saturated rings. The van der Waals surface area contributed by atoms with Gasteiger partial charge in [-0.3, -0.25) is 9.59 Å². The SMILES string of the molecule is O=C(Nc1ccccc1)/C(=C/c1cccs1)NC(=O)c1cccs1. The van der Waals surface area contributed by atoms with E-state index in [2.05, 4.69) is 10.6 Å². The number of carbonyl (C=O) groups is 2. The van der Waals surface area contributed by atoms with Crippen molar-refractivity contribution in [3.63, 3.8) is 0 Å². The van der Waals surface area contributed by atoms with Gasteiger partial charge in [-0.05, 0) is 41.1 Å². The highest BCUT2D eigenvalue weighted by Gasteiger charge is 2.15. The molecule has 0 aliphatic carbocycles. The number of rotatable bonds is 5. The number of para-hydroxylation sites is 1. The van der Waals surface area contributed by atoms with Crippen molar-refractivity contribution < 1.29 is 9.59 Å². The molecule has 1 aromatic carbocycles. The van der Waals surface area contributed by atoms with Crippen LogP contribution in [-0.4, -0.2) is 11.8 Å². The van der Waals surface area contributed by atoms with Crippen LogP contribution in [0.25, 0.3) is 6.08 Å². The highest BCUT2D eigenvalue weighted by molar-refractivity contribution is 7.12. The van der Waals surface area contributed by atoms with Crippen LogP contribution in [0.2, 0.25) is 0 Å². The maximum absolute atomic E-state index is 12.6. The van der Waals surface area contributed by atoms with E-state index in [1.54, 1.807) is 30.3 Å². The maximum atomic E-state index is 12.6. The summed E-state index contributed by atoms with van der Waals surface area (Å²) in [6.07, 6.45) is 1.68. The molecule has 3 aromatic rings. The van der Waals surface area contributed by atoms with Crippen molar-refractivity contribution in [2.75, 3.05) is 5.32 Å². The van der Waals surface area contributed by atoms with Crippen molar-refractivity contribution in [2.24, 2.45) is 0 Å². The minimum absolute atomic E-state index is 0.208. The molecule has 120 valence electrons. The topological polar surface area (TPSA) is 58.2 Å². The summed E-state index contributed by atoms with van der Waals surface area (Å²) in [5.74, 6) is -0.657. The van der Waals surface area contributed by atoms with Crippen molar-refractivity contribution in [1.82, 2.24) is 5.32 Å². The van der Waals surface area contributed by atoms with Crippen molar-refractivity contribution in [2.45, 2.75) is 0 Å². The molecule has 0 unspecified atom stereocenters. The van der Waals surface area contributed by atoms with Crippen molar-refractivity contribution in [3.05, 3.63) is 80.8 Å². The fourth-order valence-corrected chi connectivity index (χ4v) is 3.26. The van der Waals surface area contributed by atoms with E-state index in [0.29, 0.717) is 10.6 Å². The first-order valence-corrected chi connectivity index (χ1v) is 8.95. The van der Waals surface area contributed by atoms with Gasteiger partial charge in [0.1, 0.15) is 5.70 Å².